The summed E-state index contributed by atoms with van der Waals surface area (Å²) in [6.45, 7) is 1.06. The molecule has 1 aliphatic heterocycles. The summed E-state index contributed by atoms with van der Waals surface area (Å²) in [6, 6.07) is 0.0517. The summed E-state index contributed by atoms with van der Waals surface area (Å²) in [4.78, 5) is 1.12. The zero-order chi connectivity index (χ0) is 14.0. The van der Waals surface area contributed by atoms with Crippen LogP contribution in [0.15, 0.2) is 18.2 Å². The van der Waals surface area contributed by atoms with Gasteiger partial charge in [-0.1, -0.05) is 0 Å². The minimum Gasteiger partial charge on any atom is -0.314 e. The van der Waals surface area contributed by atoms with Gasteiger partial charge in [-0.3, -0.25) is 4.90 Å². The second-order valence-corrected chi connectivity index (χ2v) is 4.40. The Bertz CT molecular complexity index is 450. The van der Waals surface area contributed by atoms with E-state index in [2.05, 4.69) is 5.32 Å². The molecule has 0 aliphatic carbocycles. The maximum Gasteiger partial charge on any atom is 0.408 e. The van der Waals surface area contributed by atoms with Crippen LogP contribution in [0.5, 0.6) is 0 Å². The van der Waals surface area contributed by atoms with Crippen molar-refractivity contribution < 1.29 is 22.0 Å². The highest BCUT2D eigenvalue weighted by molar-refractivity contribution is 5.85. The van der Waals surface area contributed by atoms with Gasteiger partial charge >= 0.3 is 6.18 Å². The van der Waals surface area contributed by atoms with E-state index in [0.717, 1.165) is 17.0 Å². The smallest absolute Gasteiger partial charge is 0.314 e. The molecule has 0 spiro atoms. The normalized spacial score (nSPS) is 17.6. The molecule has 21 heavy (non-hydrogen) atoms. The summed E-state index contributed by atoms with van der Waals surface area (Å²) in [5, 5.41) is 2.92. The van der Waals surface area contributed by atoms with Crippen molar-refractivity contribution in [1.29, 1.82) is 0 Å². The van der Waals surface area contributed by atoms with Crippen LogP contribution in [-0.4, -0.2) is 37.3 Å². The minimum absolute atomic E-state index is 0. The van der Waals surface area contributed by atoms with Crippen LogP contribution in [0.1, 0.15) is 11.6 Å². The van der Waals surface area contributed by atoms with Crippen molar-refractivity contribution in [3.63, 3.8) is 0 Å². The molecule has 1 fully saturated rings. The van der Waals surface area contributed by atoms with Gasteiger partial charge in [-0.25, -0.2) is 8.78 Å². The van der Waals surface area contributed by atoms with E-state index in [1.807, 2.05) is 0 Å². The van der Waals surface area contributed by atoms with Gasteiger partial charge in [-0.15, -0.1) is 24.8 Å². The summed E-state index contributed by atoms with van der Waals surface area (Å²) < 4.78 is 66.1. The van der Waals surface area contributed by atoms with Crippen LogP contribution in [0.2, 0.25) is 0 Å². The van der Waals surface area contributed by atoms with Gasteiger partial charge in [0.05, 0.1) is 0 Å². The predicted octanol–water partition coefficient (Wildman–Crippen LogP) is 3.32. The van der Waals surface area contributed by atoms with Crippen LogP contribution in [0.4, 0.5) is 22.0 Å². The number of piperazine rings is 1. The van der Waals surface area contributed by atoms with Crippen LogP contribution in [0.3, 0.4) is 0 Å². The molecule has 1 atom stereocenters. The number of hydrogen-bond donors (Lipinski definition) is 1. The third-order valence-corrected chi connectivity index (χ3v) is 3.08. The molecule has 1 aromatic rings. The van der Waals surface area contributed by atoms with Crippen LogP contribution in [0, 0.1) is 11.6 Å². The molecule has 0 aromatic heterocycles. The van der Waals surface area contributed by atoms with Gasteiger partial charge in [-0.05, 0) is 18.2 Å². The van der Waals surface area contributed by atoms with Gasteiger partial charge in [0.25, 0.3) is 0 Å². The van der Waals surface area contributed by atoms with Crippen LogP contribution in [-0.2, 0) is 0 Å². The lowest BCUT2D eigenvalue weighted by Gasteiger charge is -2.36. The molecule has 1 aromatic carbocycles. The Labute approximate surface area is 131 Å². The molecule has 122 valence electrons. The van der Waals surface area contributed by atoms with Gasteiger partial charge < -0.3 is 5.32 Å². The van der Waals surface area contributed by atoms with Crippen molar-refractivity contribution in [2.75, 3.05) is 26.2 Å². The highest BCUT2D eigenvalue weighted by Gasteiger charge is 2.46. The standard InChI is InChI=1S/C12H13F5N2.2ClH/c13-8-1-2-10(14)9(7-8)11(12(15,16)17)19-5-3-18-4-6-19;;/h1-2,7,11,18H,3-6H2;2*1H/t11-;;/m0../s1. The fourth-order valence-corrected chi connectivity index (χ4v) is 2.24. The van der Waals surface area contributed by atoms with Crippen molar-refractivity contribution in [3.05, 3.63) is 35.4 Å². The van der Waals surface area contributed by atoms with Gasteiger partial charge in [0.2, 0.25) is 0 Å². The van der Waals surface area contributed by atoms with Crippen LogP contribution < -0.4 is 5.32 Å². The lowest BCUT2D eigenvalue weighted by Crippen LogP contribution is -2.49. The summed E-state index contributed by atoms with van der Waals surface area (Å²) in [6.07, 6.45) is -4.65. The molecule has 9 heteroatoms. The average Bonchev–Trinajstić information content (AvgIpc) is 2.33. The molecule has 2 rings (SSSR count). The molecule has 0 unspecified atom stereocenters. The van der Waals surface area contributed by atoms with E-state index in [1.54, 1.807) is 0 Å². The van der Waals surface area contributed by atoms with Crippen molar-refractivity contribution in [2.24, 2.45) is 0 Å². The number of halogens is 7. The van der Waals surface area contributed by atoms with Gasteiger partial charge in [0, 0.05) is 31.7 Å². The lowest BCUT2D eigenvalue weighted by atomic mass is 10.0. The molecule has 1 saturated heterocycles. The van der Waals surface area contributed by atoms with Gasteiger partial charge in [0.1, 0.15) is 17.7 Å². The second-order valence-electron chi connectivity index (χ2n) is 4.40. The zero-order valence-electron chi connectivity index (χ0n) is 10.8. The maximum absolute atomic E-state index is 13.6. The third-order valence-electron chi connectivity index (χ3n) is 3.08. The first-order valence-electron chi connectivity index (χ1n) is 5.86. The molecule has 1 aliphatic rings. The van der Waals surface area contributed by atoms with Crippen molar-refractivity contribution >= 4 is 24.8 Å². The summed E-state index contributed by atoms with van der Waals surface area (Å²) in [7, 11) is 0. The fraction of sp³-hybridized carbons (Fsp3) is 0.500. The molecule has 0 amide bonds. The Morgan fingerprint density at radius 3 is 2.14 bits per heavy atom. The highest BCUT2D eigenvalue weighted by atomic mass is 35.5. The fourth-order valence-electron chi connectivity index (χ4n) is 2.24. The predicted molar refractivity (Wildman–Crippen MR) is 74.1 cm³/mol. The van der Waals surface area contributed by atoms with E-state index >= 15 is 0 Å². The lowest BCUT2D eigenvalue weighted by molar-refractivity contribution is -0.188. The number of nitrogens with zero attached hydrogens (tertiary/aromatic N) is 1. The van der Waals surface area contributed by atoms with E-state index in [0.29, 0.717) is 19.2 Å². The Morgan fingerprint density at radius 1 is 1.05 bits per heavy atom. The monoisotopic (exact) mass is 352 g/mol. The Morgan fingerprint density at radius 2 is 1.62 bits per heavy atom. The first-order chi connectivity index (χ1) is 8.89. The molecule has 0 saturated carbocycles. The molecular weight excluding hydrogens is 338 g/mol. The SMILES string of the molecule is Cl.Cl.Fc1ccc(F)c([C@H](N2CCNCC2)C(F)(F)F)c1. The molecular formula is C12H15Cl2F5N2. The quantitative estimate of drug-likeness (QED) is 0.821. The largest absolute Gasteiger partial charge is 0.408 e. The highest BCUT2D eigenvalue weighted by Crippen LogP contribution is 2.39. The first-order valence-corrected chi connectivity index (χ1v) is 5.86. The first kappa shape index (κ1) is 20.4. The molecule has 1 N–H and O–H groups in total. The minimum atomic E-state index is -4.65. The van der Waals surface area contributed by atoms with Crippen LogP contribution >= 0.6 is 24.8 Å². The van der Waals surface area contributed by atoms with Gasteiger partial charge in [-0.2, -0.15) is 13.2 Å². The van der Waals surface area contributed by atoms with Crippen molar-refractivity contribution in [3.8, 4) is 0 Å². The average molecular weight is 353 g/mol. The summed E-state index contributed by atoms with van der Waals surface area (Å²) >= 11 is 0. The molecule has 2 nitrogen and oxygen atoms in total. The van der Waals surface area contributed by atoms with Crippen molar-refractivity contribution in [2.45, 2.75) is 12.2 Å². The zero-order valence-corrected chi connectivity index (χ0v) is 12.4. The Kier molecular flexibility index (Phi) is 7.88. The van der Waals surface area contributed by atoms with E-state index in [9.17, 15) is 22.0 Å². The Hall–Kier alpha value is -0.630. The van der Waals surface area contributed by atoms with E-state index in [4.69, 9.17) is 0 Å². The number of nitrogens with one attached hydrogen (secondary N) is 1. The molecule has 1 heterocycles. The third kappa shape index (κ3) is 4.95. The summed E-state index contributed by atoms with van der Waals surface area (Å²) in [5.74, 6) is -1.91. The number of hydrogen-bond acceptors (Lipinski definition) is 2. The van der Waals surface area contributed by atoms with Crippen LogP contribution in [0.25, 0.3) is 0 Å². The van der Waals surface area contributed by atoms with E-state index < -0.39 is 29.4 Å². The van der Waals surface area contributed by atoms with Crippen molar-refractivity contribution in [1.82, 2.24) is 10.2 Å². The van der Waals surface area contributed by atoms with E-state index in [1.165, 1.54) is 0 Å². The molecule has 0 radical (unpaired) electrons. The van der Waals surface area contributed by atoms with Gasteiger partial charge in [0.15, 0.2) is 0 Å². The number of benzene rings is 1. The number of rotatable bonds is 2. The topological polar surface area (TPSA) is 15.3 Å². The maximum atomic E-state index is 13.6. The Balaban J connectivity index is 0.00000200. The van der Waals surface area contributed by atoms with E-state index in [-0.39, 0.29) is 37.9 Å². The number of alkyl halides is 3. The molecule has 0 bridgehead atoms. The second kappa shape index (κ2) is 8.12. The summed E-state index contributed by atoms with van der Waals surface area (Å²) in [5.41, 5.74) is -0.658.